The molecular weight excluding hydrogens is 396 g/mol. The molecule has 0 saturated carbocycles. The maximum Gasteiger partial charge on any atom is 0.234 e. The lowest BCUT2D eigenvalue weighted by Gasteiger charge is -2.34. The van der Waals surface area contributed by atoms with Crippen molar-refractivity contribution in [1.29, 1.82) is 0 Å². The highest BCUT2D eigenvalue weighted by Gasteiger charge is 2.22. The zero-order chi connectivity index (χ0) is 21.9. The zero-order valence-corrected chi connectivity index (χ0v) is 18.2. The normalized spacial score (nSPS) is 14.5. The lowest BCUT2D eigenvalue weighted by molar-refractivity contribution is -0.133. The Morgan fingerprint density at radius 1 is 1.13 bits per heavy atom. The van der Waals surface area contributed by atoms with Crippen LogP contribution in [0.25, 0.3) is 11.3 Å². The summed E-state index contributed by atoms with van der Waals surface area (Å²) in [5.74, 6) is 1.59. The number of hydrogen-bond donors (Lipinski definition) is 1. The topological polar surface area (TPSA) is 87.9 Å². The molecule has 0 aliphatic carbocycles. The molecule has 1 aliphatic heterocycles. The fraction of sp³-hybridized carbons (Fsp3) is 0.522. The van der Waals surface area contributed by atoms with Crippen molar-refractivity contribution in [3.63, 3.8) is 0 Å². The number of hydrogen-bond acceptors (Lipinski definition) is 6. The van der Waals surface area contributed by atoms with Crippen molar-refractivity contribution in [3.05, 3.63) is 42.4 Å². The minimum Gasteiger partial charge on any atom is -0.441 e. The third kappa shape index (κ3) is 7.48. The van der Waals surface area contributed by atoms with Crippen LogP contribution >= 0.6 is 0 Å². The summed E-state index contributed by atoms with van der Waals surface area (Å²) in [4.78, 5) is 32.8. The van der Waals surface area contributed by atoms with Gasteiger partial charge in [0.05, 0.1) is 12.7 Å². The summed E-state index contributed by atoms with van der Waals surface area (Å²) in [6.45, 7) is 4.41. The van der Waals surface area contributed by atoms with Crippen LogP contribution in [0.2, 0.25) is 0 Å². The van der Waals surface area contributed by atoms with E-state index in [4.69, 9.17) is 9.15 Å². The third-order valence-corrected chi connectivity index (χ3v) is 5.33. The average Bonchev–Trinajstić information content (AvgIpc) is 3.27. The highest BCUT2D eigenvalue weighted by Crippen LogP contribution is 2.20. The standard InChI is InChI=1S/C23H32N4O4/c1-30-16-6-11-24-21(28)18-26-12-14-27(15-13-26)23(29)10-5-9-22-25-17-20(31-22)19-7-3-2-4-8-19/h2-4,7-8,17H,5-6,9-16,18H2,1H3,(H,24,28). The molecule has 31 heavy (non-hydrogen) atoms. The first-order valence-electron chi connectivity index (χ1n) is 10.9. The van der Waals surface area contributed by atoms with E-state index in [0.29, 0.717) is 57.9 Å². The molecule has 2 aromatic rings. The second-order valence-corrected chi connectivity index (χ2v) is 7.69. The first kappa shape index (κ1) is 23.0. The first-order chi connectivity index (χ1) is 15.2. The van der Waals surface area contributed by atoms with Gasteiger partial charge in [0.25, 0.3) is 0 Å². The van der Waals surface area contributed by atoms with Gasteiger partial charge in [0, 0.05) is 64.8 Å². The van der Waals surface area contributed by atoms with E-state index in [-0.39, 0.29) is 11.8 Å². The molecule has 3 rings (SSSR count). The number of oxazole rings is 1. The monoisotopic (exact) mass is 428 g/mol. The molecule has 0 bridgehead atoms. The Bertz CT molecular complexity index is 816. The molecular formula is C23H32N4O4. The first-order valence-corrected chi connectivity index (χ1v) is 10.9. The van der Waals surface area contributed by atoms with Crippen LogP contribution in [-0.4, -0.2) is 79.6 Å². The predicted octanol–water partition coefficient (Wildman–Crippen LogP) is 1.96. The molecule has 8 heteroatoms. The Morgan fingerprint density at radius 2 is 1.90 bits per heavy atom. The molecule has 2 heterocycles. The Balaban J connectivity index is 1.31. The Labute approximate surface area is 183 Å². The van der Waals surface area contributed by atoms with Gasteiger partial charge in [-0.2, -0.15) is 0 Å². The van der Waals surface area contributed by atoms with Crippen LogP contribution in [-0.2, 0) is 20.7 Å². The number of nitrogens with one attached hydrogen (secondary N) is 1. The van der Waals surface area contributed by atoms with Crippen molar-refractivity contribution in [1.82, 2.24) is 20.1 Å². The number of aryl methyl sites for hydroxylation is 1. The van der Waals surface area contributed by atoms with Gasteiger partial charge in [-0.1, -0.05) is 30.3 Å². The summed E-state index contributed by atoms with van der Waals surface area (Å²) < 4.78 is 10.8. The van der Waals surface area contributed by atoms with E-state index in [1.807, 2.05) is 35.2 Å². The fourth-order valence-electron chi connectivity index (χ4n) is 3.57. The molecule has 1 aromatic carbocycles. The van der Waals surface area contributed by atoms with Gasteiger partial charge in [-0.05, 0) is 12.8 Å². The smallest absolute Gasteiger partial charge is 0.234 e. The van der Waals surface area contributed by atoms with Crippen LogP contribution in [0.1, 0.15) is 25.2 Å². The molecule has 1 aromatic heterocycles. The van der Waals surface area contributed by atoms with Crippen molar-refractivity contribution in [3.8, 4) is 11.3 Å². The van der Waals surface area contributed by atoms with Crippen molar-refractivity contribution in [2.75, 3.05) is 53.0 Å². The van der Waals surface area contributed by atoms with Gasteiger partial charge in [0.2, 0.25) is 11.8 Å². The van der Waals surface area contributed by atoms with Gasteiger partial charge in [0.1, 0.15) is 0 Å². The SMILES string of the molecule is COCCCNC(=O)CN1CCN(C(=O)CCCc2ncc(-c3ccccc3)o2)CC1. The number of carbonyl (C=O) groups excluding carboxylic acids is 2. The maximum absolute atomic E-state index is 12.5. The number of carbonyl (C=O) groups is 2. The number of rotatable bonds is 11. The van der Waals surface area contributed by atoms with Gasteiger partial charge in [-0.3, -0.25) is 14.5 Å². The summed E-state index contributed by atoms with van der Waals surface area (Å²) >= 11 is 0. The predicted molar refractivity (Wildman–Crippen MR) is 117 cm³/mol. The summed E-state index contributed by atoms with van der Waals surface area (Å²) in [5.41, 5.74) is 0.999. The molecule has 8 nitrogen and oxygen atoms in total. The Hall–Kier alpha value is -2.71. The minimum absolute atomic E-state index is 0.0247. The van der Waals surface area contributed by atoms with Gasteiger partial charge >= 0.3 is 0 Å². The van der Waals surface area contributed by atoms with Gasteiger partial charge in [-0.25, -0.2) is 4.98 Å². The molecule has 0 spiro atoms. The number of methoxy groups -OCH3 is 1. The van der Waals surface area contributed by atoms with E-state index in [9.17, 15) is 9.59 Å². The quantitative estimate of drug-likeness (QED) is 0.551. The number of benzene rings is 1. The summed E-state index contributed by atoms with van der Waals surface area (Å²) in [5, 5.41) is 2.90. The zero-order valence-electron chi connectivity index (χ0n) is 18.2. The summed E-state index contributed by atoms with van der Waals surface area (Å²) in [6, 6.07) is 9.86. The molecule has 168 valence electrons. The highest BCUT2D eigenvalue weighted by molar-refractivity contribution is 5.78. The van der Waals surface area contributed by atoms with Crippen molar-refractivity contribution < 1.29 is 18.7 Å². The van der Waals surface area contributed by atoms with Gasteiger partial charge in [-0.15, -0.1) is 0 Å². The van der Waals surface area contributed by atoms with Crippen molar-refractivity contribution >= 4 is 11.8 Å². The van der Waals surface area contributed by atoms with Gasteiger partial charge in [0.15, 0.2) is 11.7 Å². The molecule has 0 atom stereocenters. The largest absolute Gasteiger partial charge is 0.441 e. The summed E-state index contributed by atoms with van der Waals surface area (Å²) in [6.07, 6.45) is 4.37. The van der Waals surface area contributed by atoms with Gasteiger partial charge < -0.3 is 19.4 Å². The average molecular weight is 429 g/mol. The van der Waals surface area contributed by atoms with E-state index in [0.717, 1.165) is 30.8 Å². The van der Waals surface area contributed by atoms with Crippen LogP contribution in [0, 0.1) is 0 Å². The molecule has 0 unspecified atom stereocenters. The number of aromatic nitrogens is 1. The number of ether oxygens (including phenoxy) is 1. The maximum atomic E-state index is 12.5. The lowest BCUT2D eigenvalue weighted by Crippen LogP contribution is -2.51. The van der Waals surface area contributed by atoms with E-state index < -0.39 is 0 Å². The number of nitrogens with zero attached hydrogens (tertiary/aromatic N) is 3. The molecule has 1 saturated heterocycles. The van der Waals surface area contributed by atoms with E-state index in [1.54, 1.807) is 13.3 Å². The minimum atomic E-state index is 0.0247. The van der Waals surface area contributed by atoms with Crippen molar-refractivity contribution in [2.45, 2.75) is 25.7 Å². The summed E-state index contributed by atoms with van der Waals surface area (Å²) in [7, 11) is 1.65. The van der Waals surface area contributed by atoms with E-state index in [1.165, 1.54) is 0 Å². The van der Waals surface area contributed by atoms with Crippen LogP contribution in [0.4, 0.5) is 0 Å². The second kappa shape index (κ2) is 12.2. The lowest BCUT2D eigenvalue weighted by atomic mass is 10.2. The van der Waals surface area contributed by atoms with E-state index >= 15 is 0 Å². The fourth-order valence-corrected chi connectivity index (χ4v) is 3.57. The van der Waals surface area contributed by atoms with Crippen LogP contribution in [0.15, 0.2) is 40.9 Å². The van der Waals surface area contributed by atoms with Crippen LogP contribution in [0.3, 0.4) is 0 Å². The second-order valence-electron chi connectivity index (χ2n) is 7.69. The van der Waals surface area contributed by atoms with E-state index in [2.05, 4.69) is 15.2 Å². The van der Waals surface area contributed by atoms with Crippen LogP contribution < -0.4 is 5.32 Å². The number of piperazine rings is 1. The molecule has 1 N–H and O–H groups in total. The molecule has 1 fully saturated rings. The molecule has 0 radical (unpaired) electrons. The van der Waals surface area contributed by atoms with Crippen molar-refractivity contribution in [2.24, 2.45) is 0 Å². The Kier molecular flexibility index (Phi) is 9.05. The highest BCUT2D eigenvalue weighted by atomic mass is 16.5. The molecule has 1 aliphatic rings. The number of amides is 2. The Morgan fingerprint density at radius 3 is 2.65 bits per heavy atom. The molecule has 2 amide bonds. The van der Waals surface area contributed by atoms with Crippen LogP contribution in [0.5, 0.6) is 0 Å². The third-order valence-electron chi connectivity index (χ3n) is 5.33.